The van der Waals surface area contributed by atoms with Crippen molar-refractivity contribution in [1.29, 1.82) is 0 Å². The van der Waals surface area contributed by atoms with Crippen molar-refractivity contribution in [2.75, 3.05) is 0 Å². The minimum atomic E-state index is -0.194. The molecular formula is C19H12Cl2N2O2S. The van der Waals surface area contributed by atoms with E-state index in [0.717, 1.165) is 21.5 Å². The number of amides is 1. The van der Waals surface area contributed by atoms with Gasteiger partial charge in [0, 0.05) is 16.1 Å². The number of nitrogens with zero attached hydrogens (tertiary/aromatic N) is 1. The molecule has 0 unspecified atom stereocenters. The molecule has 0 saturated heterocycles. The zero-order chi connectivity index (χ0) is 18.1. The average molecular weight is 403 g/mol. The normalized spacial score (nSPS) is 11.0. The summed E-state index contributed by atoms with van der Waals surface area (Å²) in [6, 6.07) is 16.4. The molecule has 26 heavy (non-hydrogen) atoms. The second-order valence-corrected chi connectivity index (χ2v) is 7.65. The second-order valence-electron chi connectivity index (χ2n) is 5.60. The van der Waals surface area contributed by atoms with Crippen molar-refractivity contribution in [1.82, 2.24) is 10.3 Å². The molecule has 0 radical (unpaired) electrons. The van der Waals surface area contributed by atoms with Gasteiger partial charge in [0.1, 0.15) is 11.5 Å². The van der Waals surface area contributed by atoms with Crippen LogP contribution in [-0.2, 0) is 6.54 Å². The Kier molecular flexibility index (Phi) is 4.68. The zero-order valence-electron chi connectivity index (χ0n) is 13.3. The topological polar surface area (TPSA) is 55.1 Å². The summed E-state index contributed by atoms with van der Waals surface area (Å²) in [5.74, 6) is 1.20. The number of halogens is 2. The van der Waals surface area contributed by atoms with Crippen LogP contribution >= 0.6 is 34.5 Å². The summed E-state index contributed by atoms with van der Waals surface area (Å²) in [6.07, 6.45) is 0. The number of carbonyl (C=O) groups is 1. The number of fused-ring (bicyclic) bond motifs is 1. The molecule has 2 heterocycles. The molecule has 0 spiro atoms. The Hall–Kier alpha value is -2.34. The largest absolute Gasteiger partial charge is 0.459 e. The van der Waals surface area contributed by atoms with Gasteiger partial charge in [-0.2, -0.15) is 0 Å². The highest BCUT2D eigenvalue weighted by Gasteiger charge is 2.10. The number of rotatable bonds is 4. The van der Waals surface area contributed by atoms with E-state index in [-0.39, 0.29) is 5.91 Å². The molecule has 4 aromatic rings. The monoisotopic (exact) mass is 402 g/mol. The quantitative estimate of drug-likeness (QED) is 0.469. The minimum absolute atomic E-state index is 0.194. The summed E-state index contributed by atoms with van der Waals surface area (Å²) < 4.78 is 7.19. The Morgan fingerprint density at radius 3 is 2.69 bits per heavy atom. The molecule has 2 aromatic heterocycles. The number of carbonyl (C=O) groups excluding carboxylic acids is 1. The summed E-state index contributed by atoms with van der Waals surface area (Å²) in [7, 11) is 0. The van der Waals surface area contributed by atoms with Crippen molar-refractivity contribution >= 4 is 50.7 Å². The fourth-order valence-corrected chi connectivity index (χ4v) is 3.69. The molecular weight excluding hydrogens is 391 g/mol. The third-order valence-corrected chi connectivity index (χ3v) is 5.23. The van der Waals surface area contributed by atoms with Gasteiger partial charge in [0.25, 0.3) is 5.91 Å². The number of aromatic nitrogens is 1. The first-order valence-corrected chi connectivity index (χ1v) is 9.35. The van der Waals surface area contributed by atoms with E-state index in [0.29, 0.717) is 27.4 Å². The van der Waals surface area contributed by atoms with Crippen LogP contribution in [0, 0.1) is 0 Å². The van der Waals surface area contributed by atoms with Gasteiger partial charge in [0.15, 0.2) is 4.47 Å². The summed E-state index contributed by atoms with van der Waals surface area (Å²) in [6.45, 7) is 0.294. The van der Waals surface area contributed by atoms with E-state index in [1.807, 2.05) is 42.5 Å². The molecule has 7 heteroatoms. The van der Waals surface area contributed by atoms with Gasteiger partial charge < -0.3 is 9.73 Å². The van der Waals surface area contributed by atoms with Crippen LogP contribution in [0.5, 0.6) is 0 Å². The molecule has 130 valence electrons. The maximum Gasteiger partial charge on any atom is 0.251 e. The predicted octanol–water partition coefficient (Wildman–Crippen LogP) is 5.79. The van der Waals surface area contributed by atoms with E-state index >= 15 is 0 Å². The molecule has 0 saturated carbocycles. The molecule has 0 atom stereocenters. The fraction of sp³-hybridized carbons (Fsp3) is 0.0526. The first-order valence-electron chi connectivity index (χ1n) is 7.77. The van der Waals surface area contributed by atoms with Crippen molar-refractivity contribution in [2.24, 2.45) is 0 Å². The molecule has 2 aromatic carbocycles. The van der Waals surface area contributed by atoms with Gasteiger partial charge in [0.05, 0.1) is 16.8 Å². The third kappa shape index (κ3) is 3.60. The van der Waals surface area contributed by atoms with Crippen molar-refractivity contribution in [3.63, 3.8) is 0 Å². The highest BCUT2D eigenvalue weighted by Crippen LogP contribution is 2.26. The molecule has 1 N–H and O–H groups in total. The van der Waals surface area contributed by atoms with Gasteiger partial charge in [-0.1, -0.05) is 23.2 Å². The lowest BCUT2D eigenvalue weighted by Crippen LogP contribution is -2.22. The summed E-state index contributed by atoms with van der Waals surface area (Å²) in [5.41, 5.74) is 2.18. The number of hydrogen-bond donors (Lipinski definition) is 1. The maximum atomic E-state index is 12.4. The smallest absolute Gasteiger partial charge is 0.251 e. The van der Waals surface area contributed by atoms with Gasteiger partial charge in [-0.3, -0.25) is 4.79 Å². The highest BCUT2D eigenvalue weighted by molar-refractivity contribution is 7.22. The Balaban J connectivity index is 1.44. The molecule has 4 rings (SSSR count). The molecule has 0 bridgehead atoms. The Morgan fingerprint density at radius 1 is 1.08 bits per heavy atom. The first-order chi connectivity index (χ1) is 12.6. The molecule has 4 nitrogen and oxygen atoms in total. The standard InChI is InChI=1S/C19H12Cl2N2O2S/c20-13-4-1-11(2-5-13)16-7-6-14(25-16)10-22-18(24)12-3-8-17-15(9-12)23-19(21)26-17/h1-9H,10H2,(H,22,24). The van der Waals surface area contributed by atoms with Crippen LogP contribution < -0.4 is 5.32 Å². The lowest BCUT2D eigenvalue weighted by molar-refractivity contribution is 0.0948. The van der Waals surface area contributed by atoms with Crippen LogP contribution in [0.15, 0.2) is 59.0 Å². The highest BCUT2D eigenvalue weighted by atomic mass is 35.5. The van der Waals surface area contributed by atoms with E-state index < -0.39 is 0 Å². The van der Waals surface area contributed by atoms with Crippen LogP contribution in [0.1, 0.15) is 16.1 Å². The van der Waals surface area contributed by atoms with Gasteiger partial charge >= 0.3 is 0 Å². The zero-order valence-corrected chi connectivity index (χ0v) is 15.7. The van der Waals surface area contributed by atoms with E-state index in [1.54, 1.807) is 12.1 Å². The van der Waals surface area contributed by atoms with Crippen LogP contribution in [0.3, 0.4) is 0 Å². The lowest BCUT2D eigenvalue weighted by Gasteiger charge is -2.03. The van der Waals surface area contributed by atoms with Crippen LogP contribution in [0.4, 0.5) is 0 Å². The predicted molar refractivity (Wildman–Crippen MR) is 105 cm³/mol. The summed E-state index contributed by atoms with van der Waals surface area (Å²) >= 11 is 13.2. The summed E-state index contributed by atoms with van der Waals surface area (Å²) in [5, 5.41) is 3.52. The van der Waals surface area contributed by atoms with Crippen molar-refractivity contribution in [2.45, 2.75) is 6.54 Å². The third-order valence-electron chi connectivity index (χ3n) is 3.84. The van der Waals surface area contributed by atoms with E-state index in [4.69, 9.17) is 27.6 Å². The van der Waals surface area contributed by atoms with Gasteiger partial charge in [0.2, 0.25) is 0 Å². The fourth-order valence-electron chi connectivity index (χ4n) is 2.55. The van der Waals surface area contributed by atoms with Crippen molar-refractivity contribution in [3.05, 3.63) is 75.4 Å². The number of thiazole rings is 1. The van der Waals surface area contributed by atoms with E-state index in [1.165, 1.54) is 11.3 Å². The number of hydrogen-bond acceptors (Lipinski definition) is 4. The van der Waals surface area contributed by atoms with Gasteiger partial charge in [-0.25, -0.2) is 4.98 Å². The summed E-state index contributed by atoms with van der Waals surface area (Å²) in [4.78, 5) is 16.6. The van der Waals surface area contributed by atoms with Crippen LogP contribution in [0.2, 0.25) is 9.49 Å². The van der Waals surface area contributed by atoms with Gasteiger partial charge in [-0.15, -0.1) is 11.3 Å². The average Bonchev–Trinajstić information content (AvgIpc) is 3.25. The molecule has 0 aliphatic carbocycles. The van der Waals surface area contributed by atoms with E-state index in [9.17, 15) is 4.79 Å². The SMILES string of the molecule is O=C(NCc1ccc(-c2ccc(Cl)cc2)o1)c1ccc2sc(Cl)nc2c1. The second kappa shape index (κ2) is 7.11. The van der Waals surface area contributed by atoms with Crippen molar-refractivity contribution < 1.29 is 9.21 Å². The van der Waals surface area contributed by atoms with Crippen molar-refractivity contribution in [3.8, 4) is 11.3 Å². The Morgan fingerprint density at radius 2 is 1.88 bits per heavy atom. The van der Waals surface area contributed by atoms with Gasteiger partial charge in [-0.05, 0) is 54.6 Å². The van der Waals surface area contributed by atoms with Crippen LogP contribution in [-0.4, -0.2) is 10.9 Å². The number of nitrogens with one attached hydrogen (secondary N) is 1. The molecule has 1 amide bonds. The number of benzene rings is 2. The number of furan rings is 1. The molecule has 0 aliphatic heterocycles. The lowest BCUT2D eigenvalue weighted by atomic mass is 10.2. The maximum absolute atomic E-state index is 12.4. The molecule has 0 fully saturated rings. The first kappa shape index (κ1) is 17.1. The van der Waals surface area contributed by atoms with Crippen LogP contribution in [0.25, 0.3) is 21.5 Å². The Labute approximate surface area is 163 Å². The molecule has 0 aliphatic rings. The minimum Gasteiger partial charge on any atom is -0.459 e. The van der Waals surface area contributed by atoms with E-state index in [2.05, 4.69) is 10.3 Å². The Bertz CT molecular complexity index is 1090.